The van der Waals surface area contributed by atoms with Crippen LogP contribution in [0.3, 0.4) is 0 Å². The zero-order chi connectivity index (χ0) is 14.7. The van der Waals surface area contributed by atoms with Gasteiger partial charge in [0.25, 0.3) is 5.91 Å². The van der Waals surface area contributed by atoms with E-state index in [1.54, 1.807) is 0 Å². The van der Waals surface area contributed by atoms with Crippen LogP contribution in [-0.2, 0) is 0 Å². The standard InChI is InChI=1S/C17H26N2O/c1-4-19(16-7-5-6-14(16)11-18)17(20)15-9-8-12(2)10-13(15)3/h8-10,14,16H,4-7,11,18H2,1-3H3. The van der Waals surface area contributed by atoms with Crippen LogP contribution in [0.2, 0.25) is 0 Å². The molecular weight excluding hydrogens is 248 g/mol. The first-order valence-electron chi connectivity index (χ1n) is 7.66. The highest BCUT2D eigenvalue weighted by atomic mass is 16.2. The number of carbonyl (C=O) groups is 1. The van der Waals surface area contributed by atoms with Gasteiger partial charge < -0.3 is 10.6 Å². The van der Waals surface area contributed by atoms with Crippen molar-refractivity contribution in [3.63, 3.8) is 0 Å². The third kappa shape index (κ3) is 2.88. The first-order chi connectivity index (χ1) is 9.58. The highest BCUT2D eigenvalue weighted by Crippen LogP contribution is 2.30. The van der Waals surface area contributed by atoms with Gasteiger partial charge in [-0.05, 0) is 57.7 Å². The van der Waals surface area contributed by atoms with Crippen molar-refractivity contribution in [1.82, 2.24) is 4.90 Å². The summed E-state index contributed by atoms with van der Waals surface area (Å²) >= 11 is 0. The molecule has 20 heavy (non-hydrogen) atoms. The molecule has 2 unspecified atom stereocenters. The molecule has 2 rings (SSSR count). The molecule has 1 aromatic carbocycles. The van der Waals surface area contributed by atoms with Crippen molar-refractivity contribution in [3.8, 4) is 0 Å². The quantitative estimate of drug-likeness (QED) is 0.917. The van der Waals surface area contributed by atoms with Crippen molar-refractivity contribution >= 4 is 5.91 Å². The monoisotopic (exact) mass is 274 g/mol. The molecule has 0 saturated heterocycles. The van der Waals surface area contributed by atoms with Crippen LogP contribution in [0.5, 0.6) is 0 Å². The van der Waals surface area contributed by atoms with Crippen LogP contribution in [0.4, 0.5) is 0 Å². The first kappa shape index (κ1) is 15.0. The molecule has 3 nitrogen and oxygen atoms in total. The molecule has 0 bridgehead atoms. The normalized spacial score (nSPS) is 22.0. The summed E-state index contributed by atoms with van der Waals surface area (Å²) in [5, 5.41) is 0. The predicted octanol–water partition coefficient (Wildman–Crippen LogP) is 2.89. The molecule has 0 heterocycles. The van der Waals surface area contributed by atoms with E-state index >= 15 is 0 Å². The molecule has 2 atom stereocenters. The van der Waals surface area contributed by atoms with Gasteiger partial charge in [0.2, 0.25) is 0 Å². The number of aryl methyl sites for hydroxylation is 2. The number of carbonyl (C=O) groups excluding carboxylic acids is 1. The fourth-order valence-corrected chi connectivity index (χ4v) is 3.44. The van der Waals surface area contributed by atoms with Gasteiger partial charge >= 0.3 is 0 Å². The van der Waals surface area contributed by atoms with E-state index in [-0.39, 0.29) is 5.91 Å². The third-order valence-electron chi connectivity index (χ3n) is 4.54. The SMILES string of the molecule is CCN(C(=O)c1ccc(C)cc1C)C1CCCC1CN. The molecule has 110 valence electrons. The maximum absolute atomic E-state index is 12.8. The van der Waals surface area contributed by atoms with Gasteiger partial charge in [-0.1, -0.05) is 24.1 Å². The van der Waals surface area contributed by atoms with Gasteiger partial charge in [-0.3, -0.25) is 4.79 Å². The molecular formula is C17H26N2O. The van der Waals surface area contributed by atoms with E-state index in [1.165, 1.54) is 12.0 Å². The second-order valence-corrected chi connectivity index (χ2v) is 5.90. The van der Waals surface area contributed by atoms with Crippen LogP contribution in [0.25, 0.3) is 0 Å². The fraction of sp³-hybridized carbons (Fsp3) is 0.588. The van der Waals surface area contributed by atoms with E-state index in [0.717, 1.165) is 30.5 Å². The van der Waals surface area contributed by atoms with Gasteiger partial charge in [0.05, 0.1) is 0 Å². The smallest absolute Gasteiger partial charge is 0.254 e. The summed E-state index contributed by atoms with van der Waals surface area (Å²) in [5.74, 6) is 0.625. The Morgan fingerprint density at radius 3 is 2.70 bits per heavy atom. The van der Waals surface area contributed by atoms with Crippen molar-refractivity contribution in [1.29, 1.82) is 0 Å². The third-order valence-corrected chi connectivity index (χ3v) is 4.54. The molecule has 1 aliphatic rings. The number of nitrogens with two attached hydrogens (primary N) is 1. The van der Waals surface area contributed by atoms with Crippen LogP contribution in [0.1, 0.15) is 47.7 Å². The van der Waals surface area contributed by atoms with E-state index < -0.39 is 0 Å². The Morgan fingerprint density at radius 2 is 2.10 bits per heavy atom. The van der Waals surface area contributed by atoms with Crippen molar-refractivity contribution in [2.24, 2.45) is 11.7 Å². The Kier molecular flexibility index (Phi) is 4.81. The van der Waals surface area contributed by atoms with Gasteiger partial charge in [0, 0.05) is 18.2 Å². The molecule has 1 aliphatic carbocycles. The number of amides is 1. The Balaban J connectivity index is 2.24. The molecule has 0 spiro atoms. The lowest BCUT2D eigenvalue weighted by Crippen LogP contribution is -2.44. The number of hydrogen-bond donors (Lipinski definition) is 1. The Bertz CT molecular complexity index is 484. The van der Waals surface area contributed by atoms with Gasteiger partial charge in [0.15, 0.2) is 0 Å². The lowest BCUT2D eigenvalue weighted by molar-refractivity contribution is 0.0651. The molecule has 0 aromatic heterocycles. The number of benzene rings is 1. The fourth-order valence-electron chi connectivity index (χ4n) is 3.44. The summed E-state index contributed by atoms with van der Waals surface area (Å²) < 4.78 is 0. The van der Waals surface area contributed by atoms with E-state index in [9.17, 15) is 4.79 Å². The summed E-state index contributed by atoms with van der Waals surface area (Å²) in [6, 6.07) is 6.37. The van der Waals surface area contributed by atoms with Crippen molar-refractivity contribution in [2.75, 3.05) is 13.1 Å². The van der Waals surface area contributed by atoms with Crippen LogP contribution in [0.15, 0.2) is 18.2 Å². The van der Waals surface area contributed by atoms with E-state index in [2.05, 4.69) is 19.9 Å². The summed E-state index contributed by atoms with van der Waals surface area (Å²) in [6.45, 7) is 7.57. The molecule has 1 amide bonds. The van der Waals surface area contributed by atoms with Gasteiger partial charge in [-0.2, -0.15) is 0 Å². The van der Waals surface area contributed by atoms with Crippen LogP contribution in [0, 0.1) is 19.8 Å². The zero-order valence-corrected chi connectivity index (χ0v) is 12.9. The highest BCUT2D eigenvalue weighted by Gasteiger charge is 2.33. The molecule has 0 aliphatic heterocycles. The minimum Gasteiger partial charge on any atom is -0.336 e. The number of rotatable bonds is 4. The molecule has 0 radical (unpaired) electrons. The Morgan fingerprint density at radius 1 is 1.35 bits per heavy atom. The minimum atomic E-state index is 0.162. The molecule has 1 fully saturated rings. The predicted molar refractivity (Wildman–Crippen MR) is 82.8 cm³/mol. The van der Waals surface area contributed by atoms with Crippen molar-refractivity contribution in [2.45, 2.75) is 46.1 Å². The first-order valence-corrected chi connectivity index (χ1v) is 7.66. The highest BCUT2D eigenvalue weighted by molar-refractivity contribution is 5.96. The van der Waals surface area contributed by atoms with E-state index in [1.807, 2.05) is 24.0 Å². The second-order valence-electron chi connectivity index (χ2n) is 5.90. The van der Waals surface area contributed by atoms with Crippen LogP contribution < -0.4 is 5.73 Å². The molecule has 2 N–H and O–H groups in total. The maximum Gasteiger partial charge on any atom is 0.254 e. The van der Waals surface area contributed by atoms with Crippen molar-refractivity contribution < 1.29 is 4.79 Å². The summed E-state index contributed by atoms with van der Waals surface area (Å²) in [4.78, 5) is 14.9. The minimum absolute atomic E-state index is 0.162. The summed E-state index contributed by atoms with van der Waals surface area (Å²) in [5.41, 5.74) is 8.96. The van der Waals surface area contributed by atoms with E-state index in [0.29, 0.717) is 18.5 Å². The lowest BCUT2D eigenvalue weighted by Gasteiger charge is -2.32. The van der Waals surface area contributed by atoms with Crippen LogP contribution in [-0.4, -0.2) is 29.9 Å². The lowest BCUT2D eigenvalue weighted by atomic mass is 9.99. The largest absolute Gasteiger partial charge is 0.336 e. The Labute approximate surface area is 122 Å². The van der Waals surface area contributed by atoms with Crippen molar-refractivity contribution in [3.05, 3.63) is 34.9 Å². The maximum atomic E-state index is 12.8. The Hall–Kier alpha value is -1.35. The van der Waals surface area contributed by atoms with Crippen LogP contribution >= 0.6 is 0 Å². The van der Waals surface area contributed by atoms with Gasteiger partial charge in [0.1, 0.15) is 0 Å². The van der Waals surface area contributed by atoms with E-state index in [4.69, 9.17) is 5.73 Å². The molecule has 3 heteroatoms. The second kappa shape index (κ2) is 6.40. The number of hydrogen-bond acceptors (Lipinski definition) is 2. The summed E-state index contributed by atoms with van der Waals surface area (Å²) in [6.07, 6.45) is 3.42. The average molecular weight is 274 g/mol. The summed E-state index contributed by atoms with van der Waals surface area (Å²) in [7, 11) is 0. The van der Waals surface area contributed by atoms with Gasteiger partial charge in [-0.15, -0.1) is 0 Å². The molecule has 1 aromatic rings. The molecule has 1 saturated carbocycles. The average Bonchev–Trinajstić information content (AvgIpc) is 2.87. The number of nitrogens with zero attached hydrogens (tertiary/aromatic N) is 1. The van der Waals surface area contributed by atoms with Gasteiger partial charge in [-0.25, -0.2) is 0 Å². The topological polar surface area (TPSA) is 46.3 Å². The zero-order valence-electron chi connectivity index (χ0n) is 12.9.